The van der Waals surface area contributed by atoms with E-state index in [9.17, 15) is 9.59 Å². The summed E-state index contributed by atoms with van der Waals surface area (Å²) in [5.74, 6) is 0.207. The maximum atomic E-state index is 12.2. The van der Waals surface area contributed by atoms with Gasteiger partial charge in [-0.25, -0.2) is 0 Å². The monoisotopic (exact) mass is 281 g/mol. The Balaban J connectivity index is 1.71. The molecule has 0 spiro atoms. The molecule has 2 saturated heterocycles. The van der Waals surface area contributed by atoms with Crippen LogP contribution in [0, 0.1) is 0 Å². The van der Waals surface area contributed by atoms with E-state index in [1.165, 1.54) is 0 Å². The van der Waals surface area contributed by atoms with E-state index in [0.29, 0.717) is 19.0 Å². The molecule has 114 valence electrons. The number of amides is 2. The second kappa shape index (κ2) is 7.07. The standard InChI is InChI=1S/C15H27N3O2/c1-3-17(4-2)11-5-10-16-15(20)13-8-6-12-7-9-14(19)18(12)13/h12-13H,3-11H2,1-2H3,(H,16,20). The van der Waals surface area contributed by atoms with Gasteiger partial charge in [-0.2, -0.15) is 0 Å². The predicted octanol–water partition coefficient (Wildman–Crippen LogP) is 0.988. The number of carbonyl (C=O) groups is 2. The van der Waals surface area contributed by atoms with Gasteiger partial charge in [0.05, 0.1) is 0 Å². The fraction of sp³-hybridized carbons (Fsp3) is 0.867. The van der Waals surface area contributed by atoms with Crippen molar-refractivity contribution >= 4 is 11.8 Å². The molecule has 0 aliphatic carbocycles. The average Bonchev–Trinajstić information content (AvgIpc) is 3.02. The van der Waals surface area contributed by atoms with Gasteiger partial charge >= 0.3 is 0 Å². The number of hydrogen-bond acceptors (Lipinski definition) is 3. The summed E-state index contributed by atoms with van der Waals surface area (Å²) in [6.07, 6.45) is 4.35. The van der Waals surface area contributed by atoms with Crippen molar-refractivity contribution in [1.82, 2.24) is 15.1 Å². The molecule has 2 atom stereocenters. The van der Waals surface area contributed by atoms with Gasteiger partial charge in [-0.05, 0) is 45.3 Å². The van der Waals surface area contributed by atoms with Crippen LogP contribution in [0.5, 0.6) is 0 Å². The molecule has 5 nitrogen and oxygen atoms in total. The number of fused-ring (bicyclic) bond motifs is 1. The molecule has 20 heavy (non-hydrogen) atoms. The largest absolute Gasteiger partial charge is 0.354 e. The number of nitrogens with one attached hydrogen (secondary N) is 1. The Labute approximate surface area is 121 Å². The van der Waals surface area contributed by atoms with Gasteiger partial charge in [0.15, 0.2) is 0 Å². The Bertz CT molecular complexity index is 355. The first-order valence-electron chi connectivity index (χ1n) is 7.98. The van der Waals surface area contributed by atoms with E-state index >= 15 is 0 Å². The third-order valence-electron chi connectivity index (χ3n) is 4.63. The highest BCUT2D eigenvalue weighted by molar-refractivity contribution is 5.89. The summed E-state index contributed by atoms with van der Waals surface area (Å²) in [5.41, 5.74) is 0. The zero-order chi connectivity index (χ0) is 14.5. The van der Waals surface area contributed by atoms with E-state index in [2.05, 4.69) is 24.1 Å². The van der Waals surface area contributed by atoms with Crippen molar-refractivity contribution in [3.05, 3.63) is 0 Å². The average molecular weight is 281 g/mol. The van der Waals surface area contributed by atoms with Crippen molar-refractivity contribution in [3.8, 4) is 0 Å². The van der Waals surface area contributed by atoms with Crippen LogP contribution in [0.1, 0.15) is 46.0 Å². The van der Waals surface area contributed by atoms with Gasteiger partial charge in [-0.1, -0.05) is 13.8 Å². The summed E-state index contributed by atoms with van der Waals surface area (Å²) in [5, 5.41) is 3.00. The SMILES string of the molecule is CCN(CC)CCCNC(=O)C1CCC2CCC(=O)N21. The molecular weight excluding hydrogens is 254 g/mol. The van der Waals surface area contributed by atoms with Gasteiger partial charge in [-0.3, -0.25) is 9.59 Å². The van der Waals surface area contributed by atoms with Gasteiger partial charge < -0.3 is 15.1 Å². The van der Waals surface area contributed by atoms with Gasteiger partial charge in [0.25, 0.3) is 0 Å². The summed E-state index contributed by atoms with van der Waals surface area (Å²) >= 11 is 0. The Morgan fingerprint density at radius 2 is 2.05 bits per heavy atom. The van der Waals surface area contributed by atoms with Gasteiger partial charge in [0, 0.05) is 19.0 Å². The number of carbonyl (C=O) groups excluding carboxylic acids is 2. The molecule has 1 N–H and O–H groups in total. The zero-order valence-electron chi connectivity index (χ0n) is 12.7. The summed E-state index contributed by atoms with van der Waals surface area (Å²) in [7, 11) is 0. The lowest BCUT2D eigenvalue weighted by molar-refractivity contribution is -0.136. The Morgan fingerprint density at radius 1 is 1.30 bits per heavy atom. The third-order valence-corrected chi connectivity index (χ3v) is 4.63. The topological polar surface area (TPSA) is 52.7 Å². The zero-order valence-corrected chi connectivity index (χ0v) is 12.7. The molecule has 5 heteroatoms. The molecule has 2 rings (SSSR count). The summed E-state index contributed by atoms with van der Waals surface area (Å²) in [6.45, 7) is 8.13. The first-order valence-corrected chi connectivity index (χ1v) is 7.98. The van der Waals surface area contributed by atoms with Gasteiger partial charge in [0.2, 0.25) is 11.8 Å². The van der Waals surface area contributed by atoms with Crippen molar-refractivity contribution in [2.24, 2.45) is 0 Å². The molecule has 2 fully saturated rings. The second-order valence-corrected chi connectivity index (χ2v) is 5.76. The molecule has 2 aliphatic rings. The molecule has 2 unspecified atom stereocenters. The quantitative estimate of drug-likeness (QED) is 0.708. The highest BCUT2D eigenvalue weighted by Crippen LogP contribution is 2.33. The maximum Gasteiger partial charge on any atom is 0.242 e. The minimum absolute atomic E-state index is 0.0438. The first-order chi connectivity index (χ1) is 9.67. The lowest BCUT2D eigenvalue weighted by Gasteiger charge is -2.23. The molecule has 2 heterocycles. The summed E-state index contributed by atoms with van der Waals surface area (Å²) in [4.78, 5) is 28.2. The van der Waals surface area contributed by atoms with E-state index < -0.39 is 0 Å². The predicted molar refractivity (Wildman–Crippen MR) is 78.3 cm³/mol. The fourth-order valence-corrected chi connectivity index (χ4v) is 3.39. The van der Waals surface area contributed by atoms with E-state index in [-0.39, 0.29) is 17.9 Å². The van der Waals surface area contributed by atoms with E-state index in [1.807, 2.05) is 4.90 Å². The van der Waals surface area contributed by atoms with Gasteiger partial charge in [-0.15, -0.1) is 0 Å². The van der Waals surface area contributed by atoms with Crippen LogP contribution in [0.3, 0.4) is 0 Å². The van der Waals surface area contributed by atoms with Gasteiger partial charge in [0.1, 0.15) is 6.04 Å². The number of rotatable bonds is 7. The number of hydrogen-bond donors (Lipinski definition) is 1. The number of nitrogens with zero attached hydrogens (tertiary/aromatic N) is 2. The molecule has 0 radical (unpaired) electrons. The molecule has 2 amide bonds. The maximum absolute atomic E-state index is 12.2. The third kappa shape index (κ3) is 3.32. The Morgan fingerprint density at radius 3 is 2.75 bits per heavy atom. The lowest BCUT2D eigenvalue weighted by atomic mass is 10.1. The van der Waals surface area contributed by atoms with Crippen LogP contribution in [0.15, 0.2) is 0 Å². The minimum Gasteiger partial charge on any atom is -0.354 e. The second-order valence-electron chi connectivity index (χ2n) is 5.76. The highest BCUT2D eigenvalue weighted by Gasteiger charge is 2.44. The smallest absolute Gasteiger partial charge is 0.242 e. The molecule has 0 aromatic carbocycles. The van der Waals surface area contributed by atoms with Crippen LogP contribution in [-0.2, 0) is 9.59 Å². The molecule has 0 aromatic heterocycles. The lowest BCUT2D eigenvalue weighted by Crippen LogP contribution is -2.46. The van der Waals surface area contributed by atoms with Crippen LogP contribution < -0.4 is 5.32 Å². The van der Waals surface area contributed by atoms with Crippen molar-refractivity contribution in [2.75, 3.05) is 26.2 Å². The van der Waals surface area contributed by atoms with E-state index in [0.717, 1.165) is 45.3 Å². The van der Waals surface area contributed by atoms with E-state index in [4.69, 9.17) is 0 Å². The molecule has 0 bridgehead atoms. The van der Waals surface area contributed by atoms with Crippen molar-refractivity contribution in [3.63, 3.8) is 0 Å². The fourth-order valence-electron chi connectivity index (χ4n) is 3.39. The summed E-state index contributed by atoms with van der Waals surface area (Å²) in [6, 6.07) is 0.123. The highest BCUT2D eigenvalue weighted by atomic mass is 16.2. The molecule has 0 saturated carbocycles. The van der Waals surface area contributed by atoms with Crippen LogP contribution in [0.4, 0.5) is 0 Å². The minimum atomic E-state index is -0.205. The Kier molecular flexibility index (Phi) is 5.40. The first kappa shape index (κ1) is 15.3. The van der Waals surface area contributed by atoms with Crippen LogP contribution in [0.2, 0.25) is 0 Å². The Hall–Kier alpha value is -1.10. The van der Waals surface area contributed by atoms with Crippen LogP contribution in [0.25, 0.3) is 0 Å². The van der Waals surface area contributed by atoms with Crippen LogP contribution in [-0.4, -0.2) is 59.9 Å². The summed E-state index contributed by atoms with van der Waals surface area (Å²) < 4.78 is 0. The normalized spacial score (nSPS) is 25.4. The van der Waals surface area contributed by atoms with E-state index in [1.54, 1.807) is 0 Å². The van der Waals surface area contributed by atoms with Crippen molar-refractivity contribution < 1.29 is 9.59 Å². The van der Waals surface area contributed by atoms with Crippen LogP contribution >= 0.6 is 0 Å². The van der Waals surface area contributed by atoms with Crippen molar-refractivity contribution in [1.29, 1.82) is 0 Å². The van der Waals surface area contributed by atoms with Crippen molar-refractivity contribution in [2.45, 2.75) is 58.0 Å². The molecular formula is C15H27N3O2. The molecule has 0 aromatic rings. The molecule has 2 aliphatic heterocycles.